The first-order valence-electron chi connectivity index (χ1n) is 5.66. The second-order valence-corrected chi connectivity index (χ2v) is 4.77. The minimum atomic E-state index is -8.59. The van der Waals surface area contributed by atoms with E-state index < -0.39 is 53.7 Å². The third kappa shape index (κ3) is 3.50. The van der Waals surface area contributed by atoms with E-state index in [1.165, 1.54) is 0 Å². The molecule has 0 N–H and O–H groups in total. The standard InChI is InChI=1S/C10H3F17.HI/c1-2-3(11,12)4(13,14)5(15,16)6(17,18)7(19,20)8(21,22)9(23,24)10(25,26)27;/h2H,1H2;1H. The predicted octanol–water partition coefficient (Wildman–Crippen LogP) is 6.80. The van der Waals surface area contributed by atoms with Gasteiger partial charge in [-0.1, -0.05) is 6.58 Å². The Hall–Kier alpha value is -0.720. The van der Waals surface area contributed by atoms with Crippen LogP contribution in [0.3, 0.4) is 0 Å². The van der Waals surface area contributed by atoms with Crippen LogP contribution in [0.15, 0.2) is 12.7 Å². The highest BCUT2D eigenvalue weighted by Gasteiger charge is 2.95. The van der Waals surface area contributed by atoms with E-state index in [0.29, 0.717) is 0 Å². The summed E-state index contributed by atoms with van der Waals surface area (Å²) < 4.78 is 215. The molecule has 0 aromatic carbocycles. The van der Waals surface area contributed by atoms with Gasteiger partial charge in [-0.3, -0.25) is 0 Å². The van der Waals surface area contributed by atoms with Gasteiger partial charge in [0.05, 0.1) is 0 Å². The lowest BCUT2D eigenvalue weighted by molar-refractivity contribution is -0.459. The van der Waals surface area contributed by atoms with Crippen LogP contribution in [0, 0.1) is 0 Å². The van der Waals surface area contributed by atoms with Crippen molar-refractivity contribution in [1.29, 1.82) is 0 Å². The van der Waals surface area contributed by atoms with Crippen molar-refractivity contribution < 1.29 is 74.6 Å². The first-order chi connectivity index (χ1) is 11.3. The maximum absolute atomic E-state index is 13.0. The molecule has 0 bridgehead atoms. The summed E-state index contributed by atoms with van der Waals surface area (Å²) in [5.41, 5.74) is 0. The molecule has 0 aromatic rings. The van der Waals surface area contributed by atoms with Crippen molar-refractivity contribution in [3.63, 3.8) is 0 Å². The number of allylic oxidation sites excluding steroid dienone is 1. The van der Waals surface area contributed by atoms with Gasteiger partial charge in [0, 0.05) is 0 Å². The predicted molar refractivity (Wildman–Crippen MR) is 66.3 cm³/mol. The molecule has 0 aliphatic carbocycles. The van der Waals surface area contributed by atoms with Crippen LogP contribution < -0.4 is 0 Å². The van der Waals surface area contributed by atoms with Crippen molar-refractivity contribution in [3.05, 3.63) is 12.7 Å². The summed E-state index contributed by atoms with van der Waals surface area (Å²) in [5, 5.41) is 0. The molecule has 0 aromatic heterocycles. The van der Waals surface area contributed by atoms with E-state index in [-0.39, 0.29) is 24.0 Å². The van der Waals surface area contributed by atoms with Gasteiger partial charge in [-0.05, 0) is 6.08 Å². The number of hydrogen-bond acceptors (Lipinski definition) is 0. The SMILES string of the molecule is C=CC(F)(F)C(F)(F)C(F)(F)C(F)(F)C(F)(F)C(F)(F)C(F)(F)C(F)(F)F.I. The molecule has 0 amide bonds. The van der Waals surface area contributed by atoms with Crippen LogP contribution in [0.25, 0.3) is 0 Å². The van der Waals surface area contributed by atoms with Crippen LogP contribution in [-0.4, -0.2) is 47.6 Å². The van der Waals surface area contributed by atoms with E-state index in [9.17, 15) is 74.6 Å². The summed E-state index contributed by atoms with van der Waals surface area (Å²) >= 11 is 0. The Bertz CT molecular complexity index is 571. The zero-order valence-electron chi connectivity index (χ0n) is 12.1. The lowest BCUT2D eigenvalue weighted by Gasteiger charge is -2.42. The second kappa shape index (κ2) is 7.21. The van der Waals surface area contributed by atoms with Crippen LogP contribution >= 0.6 is 24.0 Å². The summed E-state index contributed by atoms with van der Waals surface area (Å²) in [4.78, 5) is 0. The molecule has 170 valence electrons. The van der Waals surface area contributed by atoms with Crippen LogP contribution in [-0.2, 0) is 0 Å². The maximum Gasteiger partial charge on any atom is 0.460 e. The fourth-order valence-corrected chi connectivity index (χ4v) is 1.30. The molecule has 0 aliphatic heterocycles. The lowest BCUT2D eigenvalue weighted by atomic mass is 9.89. The van der Waals surface area contributed by atoms with E-state index in [0.717, 1.165) is 0 Å². The monoisotopic (exact) mass is 574 g/mol. The van der Waals surface area contributed by atoms with Crippen LogP contribution in [0.5, 0.6) is 0 Å². The zero-order valence-corrected chi connectivity index (χ0v) is 14.4. The summed E-state index contributed by atoms with van der Waals surface area (Å²) in [7, 11) is 0. The van der Waals surface area contributed by atoms with Gasteiger partial charge in [-0.25, -0.2) is 0 Å². The highest BCUT2D eigenvalue weighted by atomic mass is 127. The smallest absolute Gasteiger partial charge is 0.195 e. The van der Waals surface area contributed by atoms with Gasteiger partial charge in [0.2, 0.25) is 0 Å². The molecule has 0 saturated heterocycles. The number of hydrogen-bond donors (Lipinski definition) is 0. The Morgan fingerprint density at radius 3 is 0.821 bits per heavy atom. The van der Waals surface area contributed by atoms with Gasteiger partial charge in [-0.15, -0.1) is 24.0 Å². The van der Waals surface area contributed by atoms with Crippen molar-refractivity contribution in [2.24, 2.45) is 0 Å². The minimum absolute atomic E-state index is 0. The number of rotatable bonds is 7. The molecule has 0 aliphatic rings. The van der Waals surface area contributed by atoms with Gasteiger partial charge < -0.3 is 0 Å². The maximum atomic E-state index is 13.0. The summed E-state index contributed by atoms with van der Waals surface area (Å²) in [6.45, 7) is 1.76. The number of halogens is 18. The largest absolute Gasteiger partial charge is 0.460 e. The van der Waals surface area contributed by atoms with E-state index in [1.54, 1.807) is 6.58 Å². The fourth-order valence-electron chi connectivity index (χ4n) is 1.30. The van der Waals surface area contributed by atoms with Crippen LogP contribution in [0.2, 0.25) is 0 Å². The minimum Gasteiger partial charge on any atom is -0.195 e. The molecule has 0 radical (unpaired) electrons. The molecule has 18 heteroatoms. The van der Waals surface area contributed by atoms with E-state index >= 15 is 0 Å². The second-order valence-electron chi connectivity index (χ2n) is 4.77. The molecule has 0 nitrogen and oxygen atoms in total. The van der Waals surface area contributed by atoms with E-state index in [2.05, 4.69) is 0 Å². The molecule has 0 spiro atoms. The van der Waals surface area contributed by atoms with Gasteiger partial charge in [-0.2, -0.15) is 74.6 Å². The lowest BCUT2D eigenvalue weighted by Crippen LogP contribution is -2.74. The first kappa shape index (κ1) is 29.5. The molecule has 0 rings (SSSR count). The Labute approximate surface area is 159 Å². The molecule has 0 unspecified atom stereocenters. The topological polar surface area (TPSA) is 0 Å². The number of alkyl halides is 17. The highest BCUT2D eigenvalue weighted by Crippen LogP contribution is 2.63. The van der Waals surface area contributed by atoms with Crippen LogP contribution in [0.4, 0.5) is 74.6 Å². The molecule has 28 heavy (non-hydrogen) atoms. The van der Waals surface area contributed by atoms with Crippen molar-refractivity contribution in [1.82, 2.24) is 0 Å². The molecule has 0 fully saturated rings. The molecular weight excluding hydrogens is 570 g/mol. The molecule has 0 atom stereocenters. The van der Waals surface area contributed by atoms with Crippen molar-refractivity contribution in [2.45, 2.75) is 47.6 Å². The van der Waals surface area contributed by atoms with E-state index in [1.807, 2.05) is 0 Å². The molecular formula is C10H4F17I. The Kier molecular flexibility index (Phi) is 7.59. The Balaban J connectivity index is 0. The van der Waals surface area contributed by atoms with Gasteiger partial charge in [0.25, 0.3) is 0 Å². The first-order valence-corrected chi connectivity index (χ1v) is 5.66. The quantitative estimate of drug-likeness (QED) is 0.179. The van der Waals surface area contributed by atoms with Crippen molar-refractivity contribution in [3.8, 4) is 0 Å². The fraction of sp³-hybridized carbons (Fsp3) is 0.800. The van der Waals surface area contributed by atoms with Gasteiger partial charge >= 0.3 is 47.6 Å². The average molecular weight is 574 g/mol. The Morgan fingerprint density at radius 1 is 0.393 bits per heavy atom. The normalized spacial score (nSPS) is 15.9. The van der Waals surface area contributed by atoms with Crippen molar-refractivity contribution >= 4 is 24.0 Å². The average Bonchev–Trinajstić information content (AvgIpc) is 2.44. The zero-order chi connectivity index (χ0) is 22.7. The van der Waals surface area contributed by atoms with E-state index in [4.69, 9.17) is 0 Å². The summed E-state index contributed by atoms with van der Waals surface area (Å²) in [6, 6.07) is 0. The van der Waals surface area contributed by atoms with Gasteiger partial charge in [0.15, 0.2) is 0 Å². The third-order valence-electron chi connectivity index (χ3n) is 3.00. The summed E-state index contributed by atoms with van der Waals surface area (Å²) in [6.07, 6.45) is -9.25. The highest BCUT2D eigenvalue weighted by molar-refractivity contribution is 14.0. The van der Waals surface area contributed by atoms with Crippen molar-refractivity contribution in [2.75, 3.05) is 0 Å². The third-order valence-corrected chi connectivity index (χ3v) is 3.00. The summed E-state index contributed by atoms with van der Waals surface area (Å²) in [5.74, 6) is -56.2. The molecule has 0 heterocycles. The molecule has 0 saturated carbocycles. The van der Waals surface area contributed by atoms with Gasteiger partial charge in [0.1, 0.15) is 0 Å². The Morgan fingerprint density at radius 2 is 0.607 bits per heavy atom. The van der Waals surface area contributed by atoms with Crippen LogP contribution in [0.1, 0.15) is 0 Å².